The number of ketones is 1. The molecule has 0 N–H and O–H groups in total. The van der Waals surface area contributed by atoms with E-state index in [-0.39, 0.29) is 5.78 Å². The zero-order chi connectivity index (χ0) is 8.01. The van der Waals surface area contributed by atoms with Crippen molar-refractivity contribution in [1.29, 1.82) is 0 Å². The first-order valence-corrected chi connectivity index (χ1v) is 5.35. The molecule has 0 saturated carbocycles. The highest BCUT2D eigenvalue weighted by Crippen LogP contribution is 2.40. The van der Waals surface area contributed by atoms with Gasteiger partial charge in [-0.1, -0.05) is 0 Å². The Morgan fingerprint density at radius 1 is 1.36 bits per heavy atom. The zero-order valence-corrected chi connectivity index (χ0v) is 9.22. The van der Waals surface area contributed by atoms with Crippen molar-refractivity contribution >= 4 is 53.5 Å². The first-order chi connectivity index (χ1) is 5.20. The second kappa shape index (κ2) is 2.54. The molecule has 0 unspecified atom stereocenters. The summed E-state index contributed by atoms with van der Waals surface area (Å²) in [7, 11) is 0. The molecular formula is C7H2Br2OS. The van der Waals surface area contributed by atoms with E-state index in [1.807, 2.05) is 5.38 Å². The van der Waals surface area contributed by atoms with Gasteiger partial charge in [0, 0.05) is 27.1 Å². The molecule has 2 rings (SSSR count). The Kier molecular flexibility index (Phi) is 1.78. The lowest BCUT2D eigenvalue weighted by Crippen LogP contribution is -1.85. The molecule has 11 heavy (non-hydrogen) atoms. The van der Waals surface area contributed by atoms with Crippen LogP contribution in [-0.2, 0) is 0 Å². The van der Waals surface area contributed by atoms with Crippen molar-refractivity contribution in [1.82, 2.24) is 0 Å². The third-order valence-corrected chi connectivity index (χ3v) is 3.86. The number of halogens is 2. The van der Waals surface area contributed by atoms with E-state index in [0.29, 0.717) is 0 Å². The number of hydrogen-bond acceptors (Lipinski definition) is 2. The fourth-order valence-corrected chi connectivity index (χ4v) is 3.52. The monoisotopic (exact) mass is 292 g/mol. The quantitative estimate of drug-likeness (QED) is 0.716. The summed E-state index contributed by atoms with van der Waals surface area (Å²) in [6.45, 7) is 0. The summed E-state index contributed by atoms with van der Waals surface area (Å²) in [6, 6.07) is 0. The summed E-state index contributed by atoms with van der Waals surface area (Å²) >= 11 is 8.24. The van der Waals surface area contributed by atoms with Crippen LogP contribution in [0.2, 0.25) is 0 Å². The van der Waals surface area contributed by atoms with E-state index in [2.05, 4.69) is 31.9 Å². The number of carbonyl (C=O) groups excluding carboxylic acids is 1. The molecule has 1 aromatic heterocycles. The number of carbonyl (C=O) groups is 1. The molecule has 1 aliphatic carbocycles. The predicted molar refractivity (Wildman–Crippen MR) is 53.3 cm³/mol. The van der Waals surface area contributed by atoms with Gasteiger partial charge in [0.2, 0.25) is 0 Å². The van der Waals surface area contributed by atoms with E-state index in [4.69, 9.17) is 0 Å². The van der Waals surface area contributed by atoms with Crippen LogP contribution in [0.15, 0.2) is 15.2 Å². The van der Waals surface area contributed by atoms with Crippen LogP contribution in [0.3, 0.4) is 0 Å². The Bertz CT molecular complexity index is 365. The zero-order valence-electron chi connectivity index (χ0n) is 5.23. The normalized spacial score (nSPS) is 15.1. The second-order valence-corrected chi connectivity index (χ2v) is 5.21. The van der Waals surface area contributed by atoms with Gasteiger partial charge in [0.1, 0.15) is 0 Å². The lowest BCUT2D eigenvalue weighted by atomic mass is 10.2. The first-order valence-electron chi connectivity index (χ1n) is 2.89. The number of allylic oxidation sites excluding steroid dienone is 1. The number of fused-ring (bicyclic) bond motifs is 1. The van der Waals surface area contributed by atoms with Crippen molar-refractivity contribution in [2.24, 2.45) is 0 Å². The minimum Gasteiger partial charge on any atom is -0.289 e. The van der Waals surface area contributed by atoms with Gasteiger partial charge in [-0.3, -0.25) is 4.79 Å². The van der Waals surface area contributed by atoms with Gasteiger partial charge in [-0.2, -0.15) is 0 Å². The minimum absolute atomic E-state index is 0.0915. The van der Waals surface area contributed by atoms with E-state index in [9.17, 15) is 4.79 Å². The summed E-state index contributed by atoms with van der Waals surface area (Å²) in [5.41, 5.74) is 1.80. The smallest absolute Gasteiger partial charge is 0.188 e. The first kappa shape index (κ1) is 7.71. The fraction of sp³-hybridized carbons (Fsp3) is 0. The van der Waals surface area contributed by atoms with Crippen molar-refractivity contribution in [3.8, 4) is 0 Å². The van der Waals surface area contributed by atoms with E-state index >= 15 is 0 Å². The summed E-state index contributed by atoms with van der Waals surface area (Å²) in [6.07, 6.45) is 1.60. The number of hydrogen-bond donors (Lipinski definition) is 0. The van der Waals surface area contributed by atoms with Gasteiger partial charge in [0.25, 0.3) is 0 Å². The van der Waals surface area contributed by atoms with Crippen molar-refractivity contribution < 1.29 is 4.79 Å². The van der Waals surface area contributed by atoms with Crippen LogP contribution in [0.5, 0.6) is 0 Å². The molecule has 4 heteroatoms. The molecule has 1 nitrogen and oxygen atoms in total. The summed E-state index contributed by atoms with van der Waals surface area (Å²) in [5, 5.41) is 1.87. The van der Waals surface area contributed by atoms with Gasteiger partial charge in [-0.05, 0) is 31.9 Å². The van der Waals surface area contributed by atoms with Gasteiger partial charge in [-0.25, -0.2) is 0 Å². The largest absolute Gasteiger partial charge is 0.289 e. The number of rotatable bonds is 0. The van der Waals surface area contributed by atoms with Crippen LogP contribution in [0.4, 0.5) is 0 Å². The molecular weight excluding hydrogens is 292 g/mol. The molecule has 1 aliphatic rings. The minimum atomic E-state index is 0.0915. The fourth-order valence-electron chi connectivity index (χ4n) is 1.00. The van der Waals surface area contributed by atoms with Crippen LogP contribution >= 0.6 is 43.2 Å². The Morgan fingerprint density at radius 3 is 2.73 bits per heavy atom. The van der Waals surface area contributed by atoms with Crippen LogP contribution in [0, 0.1) is 0 Å². The highest BCUT2D eigenvalue weighted by molar-refractivity contribution is 9.15. The lowest BCUT2D eigenvalue weighted by molar-refractivity contribution is 0.105. The average Bonchev–Trinajstić information content (AvgIpc) is 2.41. The standard InChI is InChI=1S/C7H2Br2OS/c8-4-1-5(10)3-2-11-7(9)6(3)4/h1-2H. The van der Waals surface area contributed by atoms with E-state index in [1.54, 1.807) is 6.08 Å². The molecule has 56 valence electrons. The van der Waals surface area contributed by atoms with E-state index in [1.165, 1.54) is 11.3 Å². The summed E-state index contributed by atoms with van der Waals surface area (Å²) in [4.78, 5) is 11.2. The molecule has 1 heterocycles. The molecule has 0 saturated heterocycles. The average molecular weight is 294 g/mol. The van der Waals surface area contributed by atoms with Crippen LogP contribution in [-0.4, -0.2) is 5.78 Å². The lowest BCUT2D eigenvalue weighted by Gasteiger charge is -1.89. The van der Waals surface area contributed by atoms with Gasteiger partial charge < -0.3 is 0 Å². The van der Waals surface area contributed by atoms with Gasteiger partial charge in [0.05, 0.1) is 3.79 Å². The summed E-state index contributed by atoms with van der Waals surface area (Å²) in [5.74, 6) is 0.0915. The van der Waals surface area contributed by atoms with E-state index < -0.39 is 0 Å². The Balaban J connectivity index is 2.75. The highest BCUT2D eigenvalue weighted by atomic mass is 79.9. The van der Waals surface area contributed by atoms with Gasteiger partial charge >= 0.3 is 0 Å². The van der Waals surface area contributed by atoms with Crippen LogP contribution < -0.4 is 0 Å². The molecule has 0 spiro atoms. The maximum atomic E-state index is 11.2. The topological polar surface area (TPSA) is 17.1 Å². The van der Waals surface area contributed by atoms with Crippen LogP contribution in [0.25, 0.3) is 4.48 Å². The number of thiophene rings is 1. The van der Waals surface area contributed by atoms with Crippen LogP contribution in [0.1, 0.15) is 15.9 Å². The third kappa shape index (κ3) is 1.04. The Morgan fingerprint density at radius 2 is 2.09 bits per heavy atom. The molecule has 0 aliphatic heterocycles. The second-order valence-electron chi connectivity index (χ2n) is 2.15. The van der Waals surface area contributed by atoms with E-state index in [0.717, 1.165) is 19.4 Å². The molecule has 0 fully saturated rings. The molecule has 0 radical (unpaired) electrons. The molecule has 1 aromatic rings. The van der Waals surface area contributed by atoms with Crippen molar-refractivity contribution in [3.05, 3.63) is 26.4 Å². The van der Waals surface area contributed by atoms with Crippen molar-refractivity contribution in [2.45, 2.75) is 0 Å². The predicted octanol–water partition coefficient (Wildman–Crippen LogP) is 3.44. The molecule has 0 bridgehead atoms. The third-order valence-electron chi connectivity index (χ3n) is 1.51. The van der Waals surface area contributed by atoms with Crippen molar-refractivity contribution in [3.63, 3.8) is 0 Å². The maximum absolute atomic E-state index is 11.2. The van der Waals surface area contributed by atoms with Gasteiger partial charge in [0.15, 0.2) is 5.78 Å². The molecule has 0 amide bonds. The Labute approximate surface area is 84.4 Å². The SMILES string of the molecule is O=C1C=C(Br)c2c1csc2Br. The van der Waals surface area contributed by atoms with Crippen molar-refractivity contribution in [2.75, 3.05) is 0 Å². The maximum Gasteiger partial charge on any atom is 0.188 e. The highest BCUT2D eigenvalue weighted by Gasteiger charge is 2.23. The molecule has 0 atom stereocenters. The summed E-state index contributed by atoms with van der Waals surface area (Å²) < 4.78 is 1.90. The molecule has 0 aromatic carbocycles. The Hall–Kier alpha value is 0.0700. The van der Waals surface area contributed by atoms with Gasteiger partial charge in [-0.15, -0.1) is 11.3 Å².